The minimum atomic E-state index is -4.73. The molecule has 3 atom stereocenters. The van der Waals surface area contributed by atoms with Crippen LogP contribution in [0.25, 0.3) is 0 Å². The van der Waals surface area contributed by atoms with E-state index in [1.165, 1.54) is 180 Å². The molecule has 0 aromatic carbocycles. The van der Waals surface area contributed by atoms with Crippen molar-refractivity contribution in [2.24, 2.45) is 0 Å². The molecule has 0 bridgehead atoms. The van der Waals surface area contributed by atoms with Crippen LogP contribution in [0, 0.1) is 0 Å². The number of aliphatic hydroxyl groups excluding tert-OH is 1. The standard InChI is InChI=1S/C58H111O11P/c1-4-7-10-13-16-19-21-23-25-27-29-31-33-36-38-41-44-47-56(60)65-51-55(69-58(62)49-46-43-40-37-34-32-30-28-26-24-22-20-17-14-11-8-5-2)53-67-70(63,64)66-52-54(50-59)68-57(61)48-45-42-39-35-18-15-12-9-6-3/h23,25,54-55,59H,4-22,24,26-53H2,1-3H3,(H,63,64)/b25-23-. The van der Waals surface area contributed by atoms with Gasteiger partial charge in [0.05, 0.1) is 19.8 Å². The second kappa shape index (κ2) is 53.5. The third-order valence-corrected chi connectivity index (χ3v) is 14.1. The highest BCUT2D eigenvalue weighted by Gasteiger charge is 2.28. The molecule has 12 heteroatoms. The van der Waals surface area contributed by atoms with E-state index in [-0.39, 0.29) is 25.9 Å². The number of esters is 3. The second-order valence-corrected chi connectivity index (χ2v) is 21.6. The van der Waals surface area contributed by atoms with Crippen LogP contribution in [0.4, 0.5) is 0 Å². The van der Waals surface area contributed by atoms with Crippen LogP contribution in [-0.4, -0.2) is 66.5 Å². The van der Waals surface area contributed by atoms with E-state index in [0.29, 0.717) is 19.3 Å². The monoisotopic (exact) mass is 1010 g/mol. The summed E-state index contributed by atoms with van der Waals surface area (Å²) in [6.07, 6.45) is 51.8. The summed E-state index contributed by atoms with van der Waals surface area (Å²) in [5.74, 6) is -1.44. The maximum absolute atomic E-state index is 12.9. The zero-order chi connectivity index (χ0) is 51.3. The van der Waals surface area contributed by atoms with Crippen LogP contribution in [0.3, 0.4) is 0 Å². The summed E-state index contributed by atoms with van der Waals surface area (Å²) in [7, 11) is -4.73. The zero-order valence-electron chi connectivity index (χ0n) is 45.8. The van der Waals surface area contributed by atoms with E-state index in [1.54, 1.807) is 0 Å². The zero-order valence-corrected chi connectivity index (χ0v) is 46.7. The molecule has 0 aliphatic rings. The molecule has 0 aromatic rings. The molecule has 2 N–H and O–H groups in total. The van der Waals surface area contributed by atoms with E-state index >= 15 is 0 Å². The highest BCUT2D eigenvalue weighted by atomic mass is 31.2. The predicted octanol–water partition coefficient (Wildman–Crippen LogP) is 17.3. The van der Waals surface area contributed by atoms with Gasteiger partial charge in [0.25, 0.3) is 0 Å². The summed E-state index contributed by atoms with van der Waals surface area (Å²) in [5.41, 5.74) is 0. The molecule has 3 unspecified atom stereocenters. The Labute approximate surface area is 430 Å². The Morgan fingerprint density at radius 2 is 0.657 bits per heavy atom. The van der Waals surface area contributed by atoms with Crippen molar-refractivity contribution in [3.05, 3.63) is 12.2 Å². The summed E-state index contributed by atoms with van der Waals surface area (Å²) in [6, 6.07) is 0. The summed E-state index contributed by atoms with van der Waals surface area (Å²) in [4.78, 5) is 48.4. The van der Waals surface area contributed by atoms with Crippen molar-refractivity contribution in [3.8, 4) is 0 Å². The van der Waals surface area contributed by atoms with Crippen molar-refractivity contribution >= 4 is 25.7 Å². The highest BCUT2D eigenvalue weighted by molar-refractivity contribution is 7.47. The number of unbranched alkanes of at least 4 members (excludes halogenated alkanes) is 37. The molecule has 0 spiro atoms. The number of phosphoric acid groups is 1. The van der Waals surface area contributed by atoms with E-state index in [4.69, 9.17) is 23.3 Å². The molecule has 0 fully saturated rings. The van der Waals surface area contributed by atoms with Gasteiger partial charge in [-0.25, -0.2) is 4.57 Å². The third kappa shape index (κ3) is 51.1. The van der Waals surface area contributed by atoms with Crippen LogP contribution in [0.15, 0.2) is 12.2 Å². The molecule has 414 valence electrons. The van der Waals surface area contributed by atoms with Gasteiger partial charge < -0.3 is 24.2 Å². The van der Waals surface area contributed by atoms with Crippen LogP contribution in [-0.2, 0) is 42.2 Å². The van der Waals surface area contributed by atoms with Crippen molar-refractivity contribution in [2.45, 2.75) is 315 Å². The van der Waals surface area contributed by atoms with Gasteiger partial charge in [-0.2, -0.15) is 0 Å². The molecular weight excluding hydrogens is 904 g/mol. The number of hydrogen-bond donors (Lipinski definition) is 2. The first-order chi connectivity index (χ1) is 34.2. The Hall–Kier alpha value is -1.78. The fourth-order valence-electron chi connectivity index (χ4n) is 8.65. The molecule has 0 aliphatic carbocycles. The molecule has 11 nitrogen and oxygen atoms in total. The molecule has 70 heavy (non-hydrogen) atoms. The van der Waals surface area contributed by atoms with Crippen molar-refractivity contribution < 1.29 is 52.2 Å². The highest BCUT2D eigenvalue weighted by Crippen LogP contribution is 2.43. The van der Waals surface area contributed by atoms with Gasteiger partial charge in [-0.3, -0.25) is 23.4 Å². The first-order valence-corrected chi connectivity index (χ1v) is 31.1. The summed E-state index contributed by atoms with van der Waals surface area (Å²) >= 11 is 0. The van der Waals surface area contributed by atoms with Crippen LogP contribution in [0.1, 0.15) is 303 Å². The Bertz CT molecular complexity index is 1230. The van der Waals surface area contributed by atoms with Crippen LogP contribution in [0.2, 0.25) is 0 Å². The Kier molecular flexibility index (Phi) is 52.1. The largest absolute Gasteiger partial charge is 0.472 e. The van der Waals surface area contributed by atoms with E-state index in [1.807, 2.05) is 0 Å². The average molecular weight is 1020 g/mol. The molecule has 0 saturated carbocycles. The number of allylic oxidation sites excluding steroid dienone is 2. The number of aliphatic hydroxyl groups is 1. The van der Waals surface area contributed by atoms with E-state index in [2.05, 4.69) is 32.9 Å². The first kappa shape index (κ1) is 68.2. The van der Waals surface area contributed by atoms with Crippen LogP contribution in [0.5, 0.6) is 0 Å². The SMILES string of the molecule is CCCCCCCC/C=C\CCCCCCCCCC(=O)OCC(COP(=O)(O)OCC(CO)OC(=O)CCCCCCCCCCC)OC(=O)CCCCCCCCCCCCCCCCCCC. The van der Waals surface area contributed by atoms with Gasteiger partial charge >= 0.3 is 25.7 Å². The Morgan fingerprint density at radius 1 is 0.386 bits per heavy atom. The van der Waals surface area contributed by atoms with E-state index < -0.39 is 57.8 Å². The lowest BCUT2D eigenvalue weighted by atomic mass is 10.0. The molecule has 0 amide bonds. The van der Waals surface area contributed by atoms with Gasteiger partial charge in [0.2, 0.25) is 0 Å². The lowest BCUT2D eigenvalue weighted by molar-refractivity contribution is -0.161. The Morgan fingerprint density at radius 3 is 0.986 bits per heavy atom. The quantitative estimate of drug-likeness (QED) is 0.0197. The normalized spacial score (nSPS) is 13.4. The van der Waals surface area contributed by atoms with Gasteiger partial charge in [0, 0.05) is 19.3 Å². The summed E-state index contributed by atoms with van der Waals surface area (Å²) in [5, 5.41) is 9.77. The van der Waals surface area contributed by atoms with Crippen molar-refractivity contribution in [2.75, 3.05) is 26.4 Å². The number of hydrogen-bond acceptors (Lipinski definition) is 10. The lowest BCUT2D eigenvalue weighted by Crippen LogP contribution is -2.30. The fraction of sp³-hybridized carbons (Fsp3) is 0.914. The molecule has 0 saturated heterocycles. The third-order valence-electron chi connectivity index (χ3n) is 13.2. The van der Waals surface area contributed by atoms with Gasteiger partial charge in [-0.15, -0.1) is 0 Å². The average Bonchev–Trinajstić information content (AvgIpc) is 3.35. The molecule has 0 aromatic heterocycles. The summed E-state index contributed by atoms with van der Waals surface area (Å²) in [6.45, 7) is 4.67. The summed E-state index contributed by atoms with van der Waals surface area (Å²) < 4.78 is 39.5. The predicted molar refractivity (Wildman–Crippen MR) is 289 cm³/mol. The van der Waals surface area contributed by atoms with Crippen molar-refractivity contribution in [1.29, 1.82) is 0 Å². The van der Waals surface area contributed by atoms with E-state index in [0.717, 1.165) is 64.2 Å². The van der Waals surface area contributed by atoms with Gasteiger partial charge in [0.15, 0.2) is 6.10 Å². The number of rotatable bonds is 56. The van der Waals surface area contributed by atoms with E-state index in [9.17, 15) is 28.9 Å². The molecule has 0 heterocycles. The van der Waals surface area contributed by atoms with Crippen LogP contribution >= 0.6 is 7.82 Å². The molecule has 0 aliphatic heterocycles. The number of carbonyl (C=O) groups is 3. The second-order valence-electron chi connectivity index (χ2n) is 20.2. The van der Waals surface area contributed by atoms with Crippen LogP contribution < -0.4 is 0 Å². The Balaban J connectivity index is 4.66. The van der Waals surface area contributed by atoms with Gasteiger partial charge in [-0.1, -0.05) is 251 Å². The minimum absolute atomic E-state index is 0.175. The maximum atomic E-state index is 12.9. The number of ether oxygens (including phenoxy) is 3. The molecule has 0 rings (SSSR count). The van der Waals surface area contributed by atoms with Crippen molar-refractivity contribution in [3.63, 3.8) is 0 Å². The first-order valence-electron chi connectivity index (χ1n) is 29.6. The van der Waals surface area contributed by atoms with Crippen molar-refractivity contribution in [1.82, 2.24) is 0 Å². The number of carbonyl (C=O) groups excluding carboxylic acids is 3. The fourth-order valence-corrected chi connectivity index (χ4v) is 9.43. The topological polar surface area (TPSA) is 155 Å². The molecule has 0 radical (unpaired) electrons. The maximum Gasteiger partial charge on any atom is 0.472 e. The molecular formula is C58H111O11P. The van der Waals surface area contributed by atoms with Gasteiger partial charge in [0.1, 0.15) is 12.7 Å². The van der Waals surface area contributed by atoms with Gasteiger partial charge in [-0.05, 0) is 44.9 Å². The lowest BCUT2D eigenvalue weighted by Gasteiger charge is -2.21. The number of phosphoric ester groups is 1. The smallest absolute Gasteiger partial charge is 0.462 e. The minimum Gasteiger partial charge on any atom is -0.462 e.